The van der Waals surface area contributed by atoms with Crippen LogP contribution in [0.15, 0.2) is 30.3 Å². The summed E-state index contributed by atoms with van der Waals surface area (Å²) in [6, 6.07) is 9.53. The summed E-state index contributed by atoms with van der Waals surface area (Å²) in [7, 11) is 0. The summed E-state index contributed by atoms with van der Waals surface area (Å²) in [5.74, 6) is 0.389. The van der Waals surface area contributed by atoms with E-state index in [9.17, 15) is 4.39 Å². The van der Waals surface area contributed by atoms with Crippen LogP contribution in [0.2, 0.25) is 0 Å². The minimum Gasteiger partial charge on any atom is -0.238 e. The van der Waals surface area contributed by atoms with E-state index in [1.807, 2.05) is 44.2 Å². The lowest BCUT2D eigenvalue weighted by Gasteiger charge is -2.31. The van der Waals surface area contributed by atoms with Gasteiger partial charge in [0, 0.05) is 0 Å². The van der Waals surface area contributed by atoms with Gasteiger partial charge in [0.2, 0.25) is 0 Å². The molecule has 84 valence electrons. The first-order valence-electron chi connectivity index (χ1n) is 5.71. The first-order valence-corrected chi connectivity index (χ1v) is 5.71. The second-order valence-electron chi connectivity index (χ2n) is 4.98. The lowest BCUT2D eigenvalue weighted by atomic mass is 9.79. The Labute approximate surface area is 92.5 Å². The van der Waals surface area contributed by atoms with Gasteiger partial charge in [0.05, 0.1) is 0 Å². The second-order valence-corrected chi connectivity index (χ2v) is 4.98. The van der Waals surface area contributed by atoms with Crippen molar-refractivity contribution in [1.82, 2.24) is 0 Å². The minimum atomic E-state index is -1.19. The molecule has 0 aliphatic heterocycles. The van der Waals surface area contributed by atoms with E-state index in [0.717, 1.165) is 5.56 Å². The molecule has 15 heavy (non-hydrogen) atoms. The van der Waals surface area contributed by atoms with Crippen LogP contribution in [-0.4, -0.2) is 0 Å². The predicted octanol–water partition coefficient (Wildman–Crippen LogP) is 4.55. The zero-order valence-corrected chi connectivity index (χ0v) is 10.1. The largest absolute Gasteiger partial charge is 0.238 e. The highest BCUT2D eigenvalue weighted by atomic mass is 19.1. The fourth-order valence-corrected chi connectivity index (χ4v) is 2.00. The second kappa shape index (κ2) is 4.78. The molecule has 0 aromatic heterocycles. The van der Waals surface area contributed by atoms with Crippen molar-refractivity contribution in [3.05, 3.63) is 35.9 Å². The van der Waals surface area contributed by atoms with E-state index in [1.54, 1.807) is 0 Å². The van der Waals surface area contributed by atoms with Crippen molar-refractivity contribution in [3.8, 4) is 0 Å². The highest BCUT2D eigenvalue weighted by molar-refractivity contribution is 5.23. The Bertz CT molecular complexity index is 289. The number of hydrogen-bond donors (Lipinski definition) is 0. The van der Waals surface area contributed by atoms with Gasteiger partial charge in [0.1, 0.15) is 5.67 Å². The molecular formula is C14H21F. The van der Waals surface area contributed by atoms with E-state index in [4.69, 9.17) is 0 Å². The molecule has 0 heterocycles. The molecule has 0 saturated carbocycles. The summed E-state index contributed by atoms with van der Waals surface area (Å²) in [6.07, 6.45) is 0.592. The average molecular weight is 208 g/mol. The molecule has 1 rings (SSSR count). The molecule has 0 nitrogen and oxygen atoms in total. The van der Waals surface area contributed by atoms with Crippen molar-refractivity contribution in [1.29, 1.82) is 0 Å². The third-order valence-electron chi connectivity index (χ3n) is 2.87. The van der Waals surface area contributed by atoms with Crippen molar-refractivity contribution in [3.63, 3.8) is 0 Å². The molecule has 0 aliphatic carbocycles. The lowest BCUT2D eigenvalue weighted by Crippen LogP contribution is -2.28. The number of alkyl halides is 1. The number of halogens is 1. The maximum Gasteiger partial charge on any atom is 0.138 e. The third-order valence-corrected chi connectivity index (χ3v) is 2.87. The maximum absolute atomic E-state index is 14.9. The van der Waals surface area contributed by atoms with E-state index < -0.39 is 5.67 Å². The van der Waals surface area contributed by atoms with Crippen LogP contribution in [0, 0.1) is 11.8 Å². The standard InChI is InChI=1S/C14H21F/c1-11(2)10-14(15,12(3)4)13-8-6-5-7-9-13/h5-9,11-12H,10H2,1-4H3. The van der Waals surface area contributed by atoms with E-state index in [2.05, 4.69) is 13.8 Å². The first-order chi connectivity index (χ1) is 6.97. The molecular weight excluding hydrogens is 187 g/mol. The minimum absolute atomic E-state index is 0.0160. The fourth-order valence-electron chi connectivity index (χ4n) is 2.00. The highest BCUT2D eigenvalue weighted by Gasteiger charge is 2.35. The Hall–Kier alpha value is -0.850. The van der Waals surface area contributed by atoms with Crippen LogP contribution in [0.4, 0.5) is 4.39 Å². The molecule has 1 aromatic rings. The zero-order chi connectivity index (χ0) is 11.5. The highest BCUT2D eigenvalue weighted by Crippen LogP contribution is 2.39. The Morgan fingerprint density at radius 3 is 2.00 bits per heavy atom. The molecule has 0 saturated heterocycles. The number of rotatable bonds is 4. The van der Waals surface area contributed by atoms with Gasteiger partial charge in [-0.1, -0.05) is 58.0 Å². The topological polar surface area (TPSA) is 0 Å². The van der Waals surface area contributed by atoms with Gasteiger partial charge in [-0.2, -0.15) is 0 Å². The smallest absolute Gasteiger partial charge is 0.138 e. The Kier molecular flexibility index (Phi) is 3.90. The predicted molar refractivity (Wildman–Crippen MR) is 63.5 cm³/mol. The maximum atomic E-state index is 14.9. The monoisotopic (exact) mass is 208 g/mol. The van der Waals surface area contributed by atoms with Crippen molar-refractivity contribution in [2.45, 2.75) is 39.8 Å². The van der Waals surface area contributed by atoms with Crippen LogP contribution < -0.4 is 0 Å². The van der Waals surface area contributed by atoms with Crippen molar-refractivity contribution < 1.29 is 4.39 Å². The van der Waals surface area contributed by atoms with Crippen molar-refractivity contribution >= 4 is 0 Å². The molecule has 0 spiro atoms. The number of hydrogen-bond acceptors (Lipinski definition) is 0. The molecule has 1 aromatic carbocycles. The molecule has 0 fully saturated rings. The van der Waals surface area contributed by atoms with Crippen LogP contribution >= 0.6 is 0 Å². The molecule has 0 N–H and O–H groups in total. The van der Waals surface area contributed by atoms with Gasteiger partial charge in [-0.25, -0.2) is 4.39 Å². The summed E-state index contributed by atoms with van der Waals surface area (Å²) in [5, 5.41) is 0. The molecule has 0 bridgehead atoms. The Morgan fingerprint density at radius 2 is 1.60 bits per heavy atom. The van der Waals surface area contributed by atoms with Crippen LogP contribution in [0.3, 0.4) is 0 Å². The summed E-state index contributed by atoms with van der Waals surface area (Å²) < 4.78 is 14.9. The fraction of sp³-hybridized carbons (Fsp3) is 0.571. The molecule has 1 atom stereocenters. The molecule has 1 heteroatoms. The SMILES string of the molecule is CC(C)CC(F)(c1ccccc1)C(C)C. The quantitative estimate of drug-likeness (QED) is 0.680. The summed E-state index contributed by atoms with van der Waals surface area (Å²) in [5.41, 5.74) is -0.371. The van der Waals surface area contributed by atoms with E-state index in [-0.39, 0.29) is 5.92 Å². The summed E-state index contributed by atoms with van der Waals surface area (Å²) in [6.45, 7) is 8.05. The van der Waals surface area contributed by atoms with Gasteiger partial charge in [-0.3, -0.25) is 0 Å². The van der Waals surface area contributed by atoms with Crippen LogP contribution in [0.25, 0.3) is 0 Å². The molecule has 0 amide bonds. The lowest BCUT2D eigenvalue weighted by molar-refractivity contribution is 0.0713. The van der Waals surface area contributed by atoms with Crippen molar-refractivity contribution in [2.75, 3.05) is 0 Å². The summed E-state index contributed by atoms with van der Waals surface area (Å²) >= 11 is 0. The van der Waals surface area contributed by atoms with Gasteiger partial charge in [0.15, 0.2) is 0 Å². The van der Waals surface area contributed by atoms with Crippen LogP contribution in [-0.2, 0) is 5.67 Å². The van der Waals surface area contributed by atoms with Crippen LogP contribution in [0.1, 0.15) is 39.7 Å². The van der Waals surface area contributed by atoms with E-state index >= 15 is 0 Å². The van der Waals surface area contributed by atoms with E-state index in [0.29, 0.717) is 12.3 Å². The van der Waals surface area contributed by atoms with Crippen LogP contribution in [0.5, 0.6) is 0 Å². The van der Waals surface area contributed by atoms with Gasteiger partial charge in [0.25, 0.3) is 0 Å². The zero-order valence-electron chi connectivity index (χ0n) is 10.1. The molecule has 0 radical (unpaired) electrons. The molecule has 0 aliphatic rings. The van der Waals surface area contributed by atoms with E-state index in [1.165, 1.54) is 0 Å². The van der Waals surface area contributed by atoms with Crippen molar-refractivity contribution in [2.24, 2.45) is 11.8 Å². The molecule has 1 unspecified atom stereocenters. The van der Waals surface area contributed by atoms with Gasteiger partial charge >= 0.3 is 0 Å². The normalized spacial score (nSPS) is 15.7. The van der Waals surface area contributed by atoms with Gasteiger partial charge < -0.3 is 0 Å². The number of benzene rings is 1. The van der Waals surface area contributed by atoms with Gasteiger partial charge in [-0.05, 0) is 23.8 Å². The average Bonchev–Trinajstić information content (AvgIpc) is 2.17. The summed E-state index contributed by atoms with van der Waals surface area (Å²) in [4.78, 5) is 0. The first kappa shape index (κ1) is 12.2. The Morgan fingerprint density at radius 1 is 1.07 bits per heavy atom. The van der Waals surface area contributed by atoms with Gasteiger partial charge in [-0.15, -0.1) is 0 Å². The third kappa shape index (κ3) is 2.80. The Balaban J connectivity index is 3.02.